The van der Waals surface area contributed by atoms with Gasteiger partial charge in [0, 0.05) is 10.9 Å². The highest BCUT2D eigenvalue weighted by molar-refractivity contribution is 9.11. The normalized spacial score (nSPS) is 29.1. The summed E-state index contributed by atoms with van der Waals surface area (Å²) in [5.74, 6) is 0. The van der Waals surface area contributed by atoms with Crippen LogP contribution in [0.15, 0.2) is 21.3 Å². The Morgan fingerprint density at radius 1 is 1.50 bits per heavy atom. The highest BCUT2D eigenvalue weighted by Gasteiger charge is 2.56. The molecule has 1 aliphatic carbocycles. The molecule has 1 atom stereocenters. The van der Waals surface area contributed by atoms with Crippen molar-refractivity contribution < 1.29 is 17.6 Å². The maximum absolute atomic E-state index is 13.3. The molecule has 0 saturated carbocycles. The Labute approximate surface area is 90.7 Å². The average Bonchev–Trinajstić information content (AvgIpc) is 1.98. The molecule has 14 heavy (non-hydrogen) atoms. The molecule has 2 N–H and O–H groups in total. The second kappa shape index (κ2) is 3.41. The molecule has 1 aliphatic rings. The Morgan fingerprint density at radius 3 is 2.36 bits per heavy atom. The van der Waals surface area contributed by atoms with Gasteiger partial charge in [-0.1, -0.05) is 27.5 Å². The molecule has 0 aliphatic heterocycles. The van der Waals surface area contributed by atoms with Gasteiger partial charge in [-0.2, -0.15) is 13.2 Å². The topological polar surface area (TPSA) is 26.0 Å². The summed E-state index contributed by atoms with van der Waals surface area (Å²) >= 11 is 8.25. The van der Waals surface area contributed by atoms with Gasteiger partial charge in [0.05, 0.1) is 10.7 Å². The van der Waals surface area contributed by atoms with E-state index in [2.05, 4.69) is 15.9 Å². The van der Waals surface area contributed by atoms with Crippen LogP contribution in [0.5, 0.6) is 0 Å². The summed E-state index contributed by atoms with van der Waals surface area (Å²) in [5.41, 5.74) is 1.29. The van der Waals surface area contributed by atoms with Crippen LogP contribution in [0.1, 0.15) is 6.42 Å². The molecule has 0 amide bonds. The van der Waals surface area contributed by atoms with E-state index in [0.29, 0.717) is 6.08 Å². The lowest BCUT2D eigenvalue weighted by molar-refractivity contribution is -0.211. The van der Waals surface area contributed by atoms with Crippen LogP contribution in [0.4, 0.5) is 17.6 Å². The summed E-state index contributed by atoms with van der Waals surface area (Å²) in [6, 6.07) is 0. The van der Waals surface area contributed by atoms with Crippen molar-refractivity contribution in [3.63, 3.8) is 0 Å². The van der Waals surface area contributed by atoms with Gasteiger partial charge < -0.3 is 5.73 Å². The largest absolute Gasteiger partial charge is 0.426 e. The Bertz CT molecular complexity index is 322. The lowest BCUT2D eigenvalue weighted by atomic mass is 9.95. The second-order valence-electron chi connectivity index (χ2n) is 2.86. The van der Waals surface area contributed by atoms with Gasteiger partial charge >= 0.3 is 6.18 Å². The second-order valence-corrected chi connectivity index (χ2v) is 4.19. The van der Waals surface area contributed by atoms with Crippen molar-refractivity contribution in [1.29, 1.82) is 0 Å². The van der Waals surface area contributed by atoms with Crippen molar-refractivity contribution in [3.8, 4) is 0 Å². The van der Waals surface area contributed by atoms with Crippen LogP contribution in [0.3, 0.4) is 0 Å². The van der Waals surface area contributed by atoms with Crippen LogP contribution >= 0.6 is 27.5 Å². The van der Waals surface area contributed by atoms with E-state index in [9.17, 15) is 17.6 Å². The Morgan fingerprint density at radius 2 is 2.00 bits per heavy atom. The minimum Gasteiger partial charge on any atom is -0.398 e. The third-order valence-electron chi connectivity index (χ3n) is 1.76. The predicted molar refractivity (Wildman–Crippen MR) is 48.6 cm³/mol. The molecule has 1 nitrogen and oxygen atoms in total. The summed E-state index contributed by atoms with van der Waals surface area (Å²) < 4.78 is 50.0. The van der Waals surface area contributed by atoms with Gasteiger partial charge in [-0.15, -0.1) is 0 Å². The Balaban J connectivity index is 3.13. The number of allylic oxidation sites excluding steroid dienone is 3. The zero-order valence-corrected chi connectivity index (χ0v) is 8.97. The first-order valence-corrected chi connectivity index (χ1v) is 4.63. The van der Waals surface area contributed by atoms with Crippen LogP contribution in [-0.2, 0) is 0 Å². The van der Waals surface area contributed by atoms with Gasteiger partial charge in [0.25, 0.3) is 0 Å². The monoisotopic (exact) mass is 293 g/mol. The van der Waals surface area contributed by atoms with E-state index in [1.54, 1.807) is 0 Å². The third-order valence-corrected chi connectivity index (χ3v) is 3.11. The van der Waals surface area contributed by atoms with E-state index >= 15 is 0 Å². The van der Waals surface area contributed by atoms with E-state index in [-0.39, 0.29) is 9.51 Å². The molecule has 0 aromatic rings. The van der Waals surface area contributed by atoms with Crippen LogP contribution in [0.25, 0.3) is 0 Å². The molecule has 0 bridgehead atoms. The van der Waals surface area contributed by atoms with E-state index in [1.165, 1.54) is 0 Å². The molecule has 0 fully saturated rings. The Hall–Kier alpha value is -0.230. The molecule has 0 saturated heterocycles. The fraction of sp³-hybridized carbons (Fsp3) is 0.429. The van der Waals surface area contributed by atoms with Crippen LogP contribution < -0.4 is 5.73 Å². The predicted octanol–water partition coefficient (Wildman–Crippen LogP) is 3.35. The summed E-state index contributed by atoms with van der Waals surface area (Å²) in [6.45, 7) is 0. The minimum atomic E-state index is -4.99. The smallest absolute Gasteiger partial charge is 0.398 e. The highest BCUT2D eigenvalue weighted by atomic mass is 79.9. The molecular weight excluding hydrogens is 289 g/mol. The molecule has 0 aromatic carbocycles. The van der Waals surface area contributed by atoms with Crippen molar-refractivity contribution in [2.45, 2.75) is 18.3 Å². The fourth-order valence-corrected chi connectivity index (χ4v) is 1.76. The maximum Gasteiger partial charge on any atom is 0.426 e. The maximum atomic E-state index is 13.3. The standard InChI is InChI=1S/C7H5BrClF4N/c8-3-1-6(10,7(11,12)13)2-4(14)5(3)9/h2H,1,14H2. The lowest BCUT2D eigenvalue weighted by Gasteiger charge is -2.28. The van der Waals surface area contributed by atoms with Crippen LogP contribution in [-0.4, -0.2) is 11.8 Å². The zero-order valence-electron chi connectivity index (χ0n) is 6.63. The quantitative estimate of drug-likeness (QED) is 0.681. The van der Waals surface area contributed by atoms with Crippen molar-refractivity contribution in [3.05, 3.63) is 21.3 Å². The van der Waals surface area contributed by atoms with Gasteiger partial charge in [0.1, 0.15) is 0 Å². The summed E-state index contributed by atoms with van der Waals surface area (Å²) in [5, 5.41) is -0.0810. The van der Waals surface area contributed by atoms with E-state index in [4.69, 9.17) is 17.3 Å². The first kappa shape index (κ1) is 11.8. The van der Waals surface area contributed by atoms with E-state index in [1.807, 2.05) is 0 Å². The molecule has 0 radical (unpaired) electrons. The SMILES string of the molecule is NC1=CC(F)(C(F)(F)F)CC(Br)=C1Cl. The molecule has 7 heteroatoms. The minimum absolute atomic E-state index is 0.0810. The third kappa shape index (κ3) is 1.91. The molecule has 1 rings (SSSR count). The summed E-state index contributed by atoms with van der Waals surface area (Å²) in [4.78, 5) is 0. The average molecular weight is 294 g/mol. The fourth-order valence-electron chi connectivity index (χ4n) is 1.00. The molecule has 1 unspecified atom stereocenters. The van der Waals surface area contributed by atoms with E-state index < -0.39 is 24.0 Å². The number of nitrogens with two attached hydrogens (primary N) is 1. The first-order chi connectivity index (χ1) is 6.17. The molecule has 0 spiro atoms. The number of hydrogen-bond donors (Lipinski definition) is 1. The van der Waals surface area contributed by atoms with Crippen molar-refractivity contribution in [1.82, 2.24) is 0 Å². The van der Waals surface area contributed by atoms with Crippen molar-refractivity contribution >= 4 is 27.5 Å². The van der Waals surface area contributed by atoms with Crippen LogP contribution in [0, 0.1) is 0 Å². The van der Waals surface area contributed by atoms with Crippen molar-refractivity contribution in [2.75, 3.05) is 0 Å². The summed E-state index contributed by atoms with van der Waals surface area (Å²) in [6.07, 6.45) is -5.58. The van der Waals surface area contributed by atoms with Gasteiger partial charge in [0.2, 0.25) is 5.67 Å². The molecule has 0 aromatic heterocycles. The molecular formula is C7H5BrClF4N. The lowest BCUT2D eigenvalue weighted by Crippen LogP contribution is -2.41. The zero-order chi connectivity index (χ0) is 11.1. The Kier molecular flexibility index (Phi) is 2.89. The molecule has 0 heterocycles. The molecule has 80 valence electrons. The summed E-state index contributed by atoms with van der Waals surface area (Å²) in [7, 11) is 0. The number of halogens is 6. The number of alkyl halides is 4. The van der Waals surface area contributed by atoms with Gasteiger partial charge in [-0.25, -0.2) is 4.39 Å². The number of rotatable bonds is 0. The first-order valence-electron chi connectivity index (χ1n) is 3.46. The van der Waals surface area contributed by atoms with Gasteiger partial charge in [-0.3, -0.25) is 0 Å². The van der Waals surface area contributed by atoms with E-state index in [0.717, 1.165) is 0 Å². The highest BCUT2D eigenvalue weighted by Crippen LogP contribution is 2.46. The van der Waals surface area contributed by atoms with Gasteiger partial charge in [0.15, 0.2) is 0 Å². The van der Waals surface area contributed by atoms with Crippen molar-refractivity contribution in [2.24, 2.45) is 5.73 Å². The van der Waals surface area contributed by atoms with Crippen LogP contribution in [0.2, 0.25) is 0 Å². The van der Waals surface area contributed by atoms with Gasteiger partial charge in [-0.05, 0) is 6.08 Å². The number of hydrogen-bond acceptors (Lipinski definition) is 1.